The van der Waals surface area contributed by atoms with E-state index in [1.807, 2.05) is 11.3 Å². The molecule has 1 aliphatic rings. The molecule has 0 radical (unpaired) electrons. The molecular weight excluding hydrogens is 284 g/mol. The van der Waals surface area contributed by atoms with Gasteiger partial charge in [-0.2, -0.15) is 0 Å². The maximum Gasteiger partial charge on any atom is 0.0701 e. The summed E-state index contributed by atoms with van der Waals surface area (Å²) < 4.78 is 1.25. The van der Waals surface area contributed by atoms with Gasteiger partial charge in [-0.15, -0.1) is 11.3 Å². The van der Waals surface area contributed by atoms with Crippen molar-refractivity contribution < 1.29 is 0 Å². The van der Waals surface area contributed by atoms with Gasteiger partial charge in [0, 0.05) is 37.6 Å². The van der Waals surface area contributed by atoms with Crippen molar-refractivity contribution in [2.24, 2.45) is 5.92 Å². The lowest BCUT2D eigenvalue weighted by molar-refractivity contribution is 0.211. The van der Waals surface area contributed by atoms with Gasteiger partial charge in [0.1, 0.15) is 0 Å². The summed E-state index contributed by atoms with van der Waals surface area (Å²) in [6, 6.07) is 4.39. The van der Waals surface area contributed by atoms with Crippen molar-refractivity contribution in [1.29, 1.82) is 0 Å². The quantitative estimate of drug-likeness (QED) is 0.920. The first-order valence-corrected chi connectivity index (χ1v) is 7.52. The van der Waals surface area contributed by atoms with E-state index in [0.717, 1.165) is 19.0 Å². The fourth-order valence-corrected chi connectivity index (χ4v) is 3.85. The zero-order chi connectivity index (χ0) is 11.4. The minimum absolute atomic E-state index is 0.753. The van der Waals surface area contributed by atoms with Crippen LogP contribution in [0.1, 0.15) is 11.8 Å². The minimum atomic E-state index is 0.753. The monoisotopic (exact) mass is 302 g/mol. The number of rotatable bonds is 4. The van der Waals surface area contributed by atoms with Crippen molar-refractivity contribution in [2.75, 3.05) is 32.7 Å². The second-order valence-electron chi connectivity index (χ2n) is 4.57. The lowest BCUT2D eigenvalue weighted by Crippen LogP contribution is -2.45. The molecule has 4 heteroatoms. The molecule has 0 aromatic carbocycles. The van der Waals surface area contributed by atoms with E-state index in [-0.39, 0.29) is 0 Å². The third-order valence-corrected chi connectivity index (χ3v) is 4.60. The van der Waals surface area contributed by atoms with Gasteiger partial charge in [0.05, 0.1) is 3.79 Å². The van der Waals surface area contributed by atoms with Crippen molar-refractivity contribution in [1.82, 2.24) is 10.2 Å². The predicted octanol–water partition coefficient (Wildman–Crippen LogP) is 2.59. The molecule has 1 atom stereocenters. The number of nitrogens with zero attached hydrogens (tertiary/aromatic N) is 1. The summed E-state index contributed by atoms with van der Waals surface area (Å²) in [5.74, 6) is 0.753. The van der Waals surface area contributed by atoms with Crippen LogP contribution in [0.15, 0.2) is 15.9 Å². The Bertz CT molecular complexity index is 321. The Balaban J connectivity index is 1.77. The molecule has 2 rings (SSSR count). The van der Waals surface area contributed by atoms with Gasteiger partial charge in [0.15, 0.2) is 0 Å². The fraction of sp³-hybridized carbons (Fsp3) is 0.667. The number of hydrogen-bond donors (Lipinski definition) is 1. The normalized spacial score (nSPS) is 19.9. The van der Waals surface area contributed by atoms with Gasteiger partial charge in [0.2, 0.25) is 0 Å². The Labute approximate surface area is 110 Å². The Morgan fingerprint density at radius 3 is 2.81 bits per heavy atom. The molecule has 0 aliphatic carbocycles. The molecule has 0 amide bonds. The maximum absolute atomic E-state index is 3.52. The zero-order valence-corrected chi connectivity index (χ0v) is 12.1. The van der Waals surface area contributed by atoms with Gasteiger partial charge in [-0.25, -0.2) is 0 Å². The Kier molecular flexibility index (Phi) is 4.82. The molecule has 2 heterocycles. The van der Waals surface area contributed by atoms with Gasteiger partial charge in [-0.05, 0) is 40.4 Å². The summed E-state index contributed by atoms with van der Waals surface area (Å²) in [6.07, 6.45) is 1.21. The SMILES string of the molecule is CC(Cc1ccc(Br)s1)CN1CCNCC1. The van der Waals surface area contributed by atoms with Crippen molar-refractivity contribution in [2.45, 2.75) is 13.3 Å². The van der Waals surface area contributed by atoms with Crippen LogP contribution in [-0.2, 0) is 6.42 Å². The second-order valence-corrected chi connectivity index (χ2v) is 7.11. The molecule has 1 saturated heterocycles. The van der Waals surface area contributed by atoms with Crippen LogP contribution in [0.4, 0.5) is 0 Å². The van der Waals surface area contributed by atoms with Crippen LogP contribution in [0.5, 0.6) is 0 Å². The number of hydrogen-bond acceptors (Lipinski definition) is 3. The Morgan fingerprint density at radius 2 is 2.19 bits per heavy atom. The van der Waals surface area contributed by atoms with Gasteiger partial charge in [-0.1, -0.05) is 6.92 Å². The molecule has 0 bridgehead atoms. The molecule has 0 saturated carbocycles. The highest BCUT2D eigenvalue weighted by Crippen LogP contribution is 2.24. The summed E-state index contributed by atoms with van der Waals surface area (Å²) in [5, 5.41) is 3.40. The largest absolute Gasteiger partial charge is 0.314 e. The molecular formula is C12H19BrN2S. The number of piperazine rings is 1. The molecule has 0 spiro atoms. The summed E-state index contributed by atoms with van der Waals surface area (Å²) in [7, 11) is 0. The number of thiophene rings is 1. The summed E-state index contributed by atoms with van der Waals surface area (Å²) >= 11 is 5.38. The standard InChI is InChI=1S/C12H19BrN2S/c1-10(8-11-2-3-12(13)16-11)9-15-6-4-14-5-7-15/h2-3,10,14H,4-9H2,1H3. The first-order chi connectivity index (χ1) is 7.74. The van der Waals surface area contributed by atoms with Crippen LogP contribution in [0.3, 0.4) is 0 Å². The van der Waals surface area contributed by atoms with Crippen LogP contribution in [-0.4, -0.2) is 37.6 Å². The maximum atomic E-state index is 3.52. The Hall–Kier alpha value is 0.1000. The molecule has 1 N–H and O–H groups in total. The topological polar surface area (TPSA) is 15.3 Å². The third kappa shape index (κ3) is 3.84. The molecule has 16 heavy (non-hydrogen) atoms. The highest BCUT2D eigenvalue weighted by molar-refractivity contribution is 9.11. The molecule has 1 aromatic rings. The van der Waals surface area contributed by atoms with E-state index in [9.17, 15) is 0 Å². The number of halogens is 1. The number of nitrogens with one attached hydrogen (secondary N) is 1. The highest BCUT2D eigenvalue weighted by Gasteiger charge is 2.13. The summed E-state index contributed by atoms with van der Waals surface area (Å²) in [5.41, 5.74) is 0. The summed E-state index contributed by atoms with van der Waals surface area (Å²) in [4.78, 5) is 4.07. The third-order valence-electron chi connectivity index (χ3n) is 2.96. The van der Waals surface area contributed by atoms with E-state index in [0.29, 0.717) is 0 Å². The van der Waals surface area contributed by atoms with Crippen LogP contribution in [0, 0.1) is 5.92 Å². The van der Waals surface area contributed by atoms with Crippen molar-refractivity contribution in [3.05, 3.63) is 20.8 Å². The van der Waals surface area contributed by atoms with E-state index in [1.54, 1.807) is 0 Å². The van der Waals surface area contributed by atoms with E-state index in [4.69, 9.17) is 0 Å². The lowest BCUT2D eigenvalue weighted by atomic mass is 10.1. The van der Waals surface area contributed by atoms with E-state index >= 15 is 0 Å². The van der Waals surface area contributed by atoms with Gasteiger partial charge >= 0.3 is 0 Å². The molecule has 1 unspecified atom stereocenters. The highest BCUT2D eigenvalue weighted by atomic mass is 79.9. The first-order valence-electron chi connectivity index (χ1n) is 5.91. The van der Waals surface area contributed by atoms with E-state index < -0.39 is 0 Å². The minimum Gasteiger partial charge on any atom is -0.314 e. The predicted molar refractivity (Wildman–Crippen MR) is 74.2 cm³/mol. The average molecular weight is 303 g/mol. The van der Waals surface area contributed by atoms with Crippen LogP contribution in [0.2, 0.25) is 0 Å². The van der Waals surface area contributed by atoms with Gasteiger partial charge in [-0.3, -0.25) is 0 Å². The van der Waals surface area contributed by atoms with Crippen molar-refractivity contribution in [3.8, 4) is 0 Å². The van der Waals surface area contributed by atoms with Gasteiger partial charge < -0.3 is 10.2 Å². The van der Waals surface area contributed by atoms with E-state index in [1.165, 1.54) is 34.7 Å². The van der Waals surface area contributed by atoms with Crippen LogP contribution < -0.4 is 5.32 Å². The smallest absolute Gasteiger partial charge is 0.0701 e. The lowest BCUT2D eigenvalue weighted by Gasteiger charge is -2.29. The average Bonchev–Trinajstić information content (AvgIpc) is 2.65. The molecule has 2 nitrogen and oxygen atoms in total. The van der Waals surface area contributed by atoms with Crippen LogP contribution in [0.25, 0.3) is 0 Å². The molecule has 1 aliphatic heterocycles. The Morgan fingerprint density at radius 1 is 1.44 bits per heavy atom. The second kappa shape index (κ2) is 6.15. The van der Waals surface area contributed by atoms with Crippen molar-refractivity contribution in [3.63, 3.8) is 0 Å². The summed E-state index contributed by atoms with van der Waals surface area (Å²) in [6.45, 7) is 8.30. The zero-order valence-electron chi connectivity index (χ0n) is 9.71. The van der Waals surface area contributed by atoms with Gasteiger partial charge in [0.25, 0.3) is 0 Å². The molecule has 90 valence electrons. The molecule has 1 fully saturated rings. The van der Waals surface area contributed by atoms with Crippen LogP contribution >= 0.6 is 27.3 Å². The fourth-order valence-electron chi connectivity index (χ4n) is 2.20. The first kappa shape index (κ1) is 12.6. The molecule has 1 aromatic heterocycles. The van der Waals surface area contributed by atoms with Crippen molar-refractivity contribution >= 4 is 27.3 Å². The van der Waals surface area contributed by atoms with E-state index in [2.05, 4.69) is 45.2 Å².